The molecule has 2 aliphatic heterocycles. The van der Waals surface area contributed by atoms with Gasteiger partial charge < -0.3 is 30.3 Å². The van der Waals surface area contributed by atoms with Crippen molar-refractivity contribution in [1.29, 1.82) is 0 Å². The molecule has 2 saturated heterocycles. The fraction of sp³-hybridized carbons (Fsp3) is 0.750. The lowest BCUT2D eigenvalue weighted by molar-refractivity contribution is -0.150. The van der Waals surface area contributed by atoms with Crippen LogP contribution in [0, 0.1) is 29.6 Å². The Morgan fingerprint density at radius 2 is 1.75 bits per heavy atom. The zero-order valence-electron chi connectivity index (χ0n) is 34.0. The Morgan fingerprint density at radius 1 is 1.07 bits per heavy atom. The van der Waals surface area contributed by atoms with Gasteiger partial charge in [-0.2, -0.15) is 0 Å². The van der Waals surface area contributed by atoms with Crippen LogP contribution in [0.15, 0.2) is 30.3 Å². The normalized spacial score (nSPS) is 26.2. The summed E-state index contributed by atoms with van der Waals surface area (Å²) in [4.78, 5) is 58.5. The molecule has 3 aliphatic rings. The summed E-state index contributed by atoms with van der Waals surface area (Å²) in [7, 11) is 0.992. The van der Waals surface area contributed by atoms with Crippen molar-refractivity contribution in [3.63, 3.8) is 0 Å². The number of hydrogen-bond acceptors (Lipinski definition) is 9. The number of likely N-dealkylation sites (N-methyl/N-ethyl adjacent to an activating group) is 1. The fourth-order valence-electron chi connectivity index (χ4n) is 9.98. The molecule has 2 heterocycles. The first-order valence-corrected chi connectivity index (χ1v) is 21.6. The van der Waals surface area contributed by atoms with Crippen LogP contribution in [0.5, 0.6) is 0 Å². The van der Waals surface area contributed by atoms with Crippen LogP contribution < -0.4 is 21.5 Å². The van der Waals surface area contributed by atoms with Gasteiger partial charge in [0.1, 0.15) is 0 Å². The number of benzene rings is 1. The standard InChI is InChI=1S/C40H66N6O8S/c1-9-25(4)35(45(6)39(50)33(24(2)3)40-18-17-28(22-40)34(44-40)37(41)48)31(53-7)21-32(47)46-19-13-16-30(46)36(54-8)26(5)38(49)43-29(23-55(42,51)52)20-27-14-11-10-12-15-27/h10-12,14-15,24-26,28-31,33-36,44H,9,13,16-23H2,1-8H3,(H2,41,48)(H,43,49)(H2,42,51,52)/t25-,26+,28?,29-,30-,31+,33+,34?,35-,36+,40?/m0/s1. The highest BCUT2D eigenvalue weighted by Gasteiger charge is 2.59. The van der Waals surface area contributed by atoms with Crippen molar-refractivity contribution < 1.29 is 37.1 Å². The number of primary amides is 1. The zero-order chi connectivity index (χ0) is 40.8. The average molecular weight is 791 g/mol. The van der Waals surface area contributed by atoms with Gasteiger partial charge in [-0.05, 0) is 61.8 Å². The van der Waals surface area contributed by atoms with Crippen LogP contribution in [0.3, 0.4) is 0 Å². The van der Waals surface area contributed by atoms with Crippen molar-refractivity contribution in [2.24, 2.45) is 40.5 Å². The van der Waals surface area contributed by atoms with E-state index < -0.39 is 75.4 Å². The minimum atomic E-state index is -3.89. The first-order valence-electron chi connectivity index (χ1n) is 19.9. The molecular formula is C40H66N6O8S. The van der Waals surface area contributed by atoms with Crippen LogP contribution in [0.2, 0.25) is 0 Å². The lowest BCUT2D eigenvalue weighted by Gasteiger charge is -2.45. The molecule has 14 nitrogen and oxygen atoms in total. The number of methoxy groups -OCH3 is 2. The number of nitrogens with zero attached hydrogens (tertiary/aromatic N) is 2. The van der Waals surface area contributed by atoms with E-state index in [4.69, 9.17) is 20.3 Å². The summed E-state index contributed by atoms with van der Waals surface area (Å²) in [6, 6.07) is 7.23. The Labute approximate surface area is 328 Å². The Bertz CT molecular complexity index is 1600. The molecule has 0 radical (unpaired) electrons. The lowest BCUT2D eigenvalue weighted by atomic mass is 9.74. The number of nitrogens with one attached hydrogen (secondary N) is 2. The van der Waals surface area contributed by atoms with Gasteiger partial charge in [-0.15, -0.1) is 0 Å². The number of carbonyl (C=O) groups is 4. The van der Waals surface area contributed by atoms with E-state index >= 15 is 0 Å². The highest BCUT2D eigenvalue weighted by atomic mass is 32.2. The van der Waals surface area contributed by atoms with Gasteiger partial charge in [0.15, 0.2) is 0 Å². The van der Waals surface area contributed by atoms with E-state index in [0.29, 0.717) is 13.0 Å². The largest absolute Gasteiger partial charge is 0.379 e. The highest BCUT2D eigenvalue weighted by molar-refractivity contribution is 7.89. The van der Waals surface area contributed by atoms with E-state index in [1.54, 1.807) is 30.9 Å². The molecule has 1 aromatic rings. The molecule has 0 aromatic heterocycles. The van der Waals surface area contributed by atoms with Crippen LogP contribution in [-0.2, 0) is 45.1 Å². The second-order valence-corrected chi connectivity index (χ2v) is 18.4. The maximum Gasteiger partial charge on any atom is 0.234 e. The molecule has 3 unspecified atom stereocenters. The number of carbonyl (C=O) groups excluding carboxylic acids is 4. The predicted octanol–water partition coefficient (Wildman–Crippen LogP) is 2.19. The zero-order valence-corrected chi connectivity index (χ0v) is 34.8. The molecule has 3 fully saturated rings. The summed E-state index contributed by atoms with van der Waals surface area (Å²) in [5.41, 5.74) is 6.08. The molecule has 2 bridgehead atoms. The molecule has 0 spiro atoms. The summed E-state index contributed by atoms with van der Waals surface area (Å²) in [6.07, 6.45) is 3.45. The predicted molar refractivity (Wildman–Crippen MR) is 211 cm³/mol. The summed E-state index contributed by atoms with van der Waals surface area (Å²) < 4.78 is 36.2. The smallest absolute Gasteiger partial charge is 0.234 e. The molecule has 1 aliphatic carbocycles. The summed E-state index contributed by atoms with van der Waals surface area (Å²) in [5, 5.41) is 11.8. The summed E-state index contributed by atoms with van der Waals surface area (Å²) in [6.45, 7) is 10.4. The second kappa shape index (κ2) is 18.9. The molecule has 1 saturated carbocycles. The molecule has 1 aromatic carbocycles. The first kappa shape index (κ1) is 44.6. The van der Waals surface area contributed by atoms with Crippen molar-refractivity contribution in [2.75, 3.05) is 33.6 Å². The number of nitrogens with two attached hydrogens (primary N) is 2. The van der Waals surface area contributed by atoms with Gasteiger partial charge in [0.2, 0.25) is 33.7 Å². The lowest BCUT2D eigenvalue weighted by Crippen LogP contribution is -2.61. The van der Waals surface area contributed by atoms with Crippen molar-refractivity contribution in [1.82, 2.24) is 20.4 Å². The number of hydrogen-bond donors (Lipinski definition) is 4. The van der Waals surface area contributed by atoms with Gasteiger partial charge in [0, 0.05) is 39.4 Å². The number of likely N-dealkylation sites (tertiary alicyclic amines) is 1. The summed E-state index contributed by atoms with van der Waals surface area (Å²) in [5.74, 6) is -2.44. The Balaban J connectivity index is 1.50. The van der Waals surface area contributed by atoms with E-state index in [9.17, 15) is 27.6 Å². The minimum absolute atomic E-state index is 0.00534. The summed E-state index contributed by atoms with van der Waals surface area (Å²) >= 11 is 0. The molecule has 4 amide bonds. The topological polar surface area (TPSA) is 203 Å². The molecule has 11 atom stereocenters. The van der Waals surface area contributed by atoms with Crippen molar-refractivity contribution in [2.45, 2.75) is 128 Å². The minimum Gasteiger partial charge on any atom is -0.379 e. The van der Waals surface area contributed by atoms with Crippen LogP contribution in [-0.4, -0.2) is 117 Å². The fourth-order valence-corrected chi connectivity index (χ4v) is 10.7. The van der Waals surface area contributed by atoms with Crippen molar-refractivity contribution in [3.8, 4) is 0 Å². The maximum atomic E-state index is 14.7. The Hall–Kier alpha value is -3.11. The molecule has 6 N–H and O–H groups in total. The third-order valence-electron chi connectivity index (χ3n) is 12.7. The third kappa shape index (κ3) is 10.4. The molecular weight excluding hydrogens is 725 g/mol. The van der Waals surface area contributed by atoms with Gasteiger partial charge in [0.05, 0.1) is 54.3 Å². The van der Waals surface area contributed by atoms with Gasteiger partial charge in [-0.25, -0.2) is 13.6 Å². The van der Waals surface area contributed by atoms with Gasteiger partial charge in [0.25, 0.3) is 0 Å². The number of piperidine rings is 1. The quantitative estimate of drug-likeness (QED) is 0.153. The Morgan fingerprint density at radius 3 is 2.29 bits per heavy atom. The van der Waals surface area contributed by atoms with Crippen LogP contribution >= 0.6 is 0 Å². The number of sulfonamides is 1. The number of primary sulfonamides is 1. The van der Waals surface area contributed by atoms with Crippen LogP contribution in [0.4, 0.5) is 0 Å². The SMILES string of the molecule is CC[C@H](C)[C@@H]([C@@H](CC(=O)N1CCC[C@H]1[C@H](OC)[C@@H](C)C(=O)N[C@@H](Cc1ccccc1)CS(N)(=O)=O)OC)N(C)C(=O)[C@@H](C(C)C)C12CCC(C1)C(C(N)=O)N2. The number of ether oxygens (including phenoxy) is 2. The first-order chi connectivity index (χ1) is 25.9. The van der Waals surface area contributed by atoms with Gasteiger partial charge in [-0.3, -0.25) is 24.5 Å². The van der Waals surface area contributed by atoms with E-state index in [1.807, 2.05) is 44.2 Å². The van der Waals surface area contributed by atoms with E-state index in [2.05, 4.69) is 24.5 Å². The van der Waals surface area contributed by atoms with Gasteiger partial charge in [-0.1, -0.05) is 71.4 Å². The molecule has 310 valence electrons. The number of amides is 4. The Kier molecular flexibility index (Phi) is 15.3. The monoisotopic (exact) mass is 790 g/mol. The molecule has 15 heteroatoms. The van der Waals surface area contributed by atoms with Crippen LogP contribution in [0.25, 0.3) is 0 Å². The van der Waals surface area contributed by atoms with Gasteiger partial charge >= 0.3 is 0 Å². The molecule has 55 heavy (non-hydrogen) atoms. The maximum absolute atomic E-state index is 14.7. The van der Waals surface area contributed by atoms with Crippen molar-refractivity contribution in [3.05, 3.63) is 35.9 Å². The molecule has 4 rings (SSSR count). The average Bonchev–Trinajstić information content (AvgIpc) is 3.87. The third-order valence-corrected chi connectivity index (χ3v) is 13.6. The highest BCUT2D eigenvalue weighted by Crippen LogP contribution is 2.50. The number of rotatable bonds is 20. The van der Waals surface area contributed by atoms with Crippen molar-refractivity contribution >= 4 is 33.7 Å². The van der Waals surface area contributed by atoms with E-state index in [-0.39, 0.29) is 48.3 Å². The van der Waals surface area contributed by atoms with E-state index in [1.165, 1.54) is 7.11 Å². The number of fused-ring (bicyclic) bond motifs is 2. The van der Waals surface area contributed by atoms with E-state index in [0.717, 1.165) is 37.7 Å². The second-order valence-electron chi connectivity index (χ2n) is 16.7. The van der Waals surface area contributed by atoms with Crippen LogP contribution in [0.1, 0.15) is 85.1 Å².